The Balaban J connectivity index is 2.20. The summed E-state index contributed by atoms with van der Waals surface area (Å²) >= 11 is 7.50. The van der Waals surface area contributed by atoms with Gasteiger partial charge in [-0.05, 0) is 24.8 Å². The summed E-state index contributed by atoms with van der Waals surface area (Å²) in [7, 11) is 0. The van der Waals surface area contributed by atoms with Crippen molar-refractivity contribution in [2.75, 3.05) is 0 Å². The first-order valence-corrected chi connectivity index (χ1v) is 5.44. The smallest absolute Gasteiger partial charge is 0.148 e. The number of hydrogen-bond acceptors (Lipinski definition) is 3. The van der Waals surface area contributed by atoms with Crippen LogP contribution in [0, 0.1) is 0 Å². The Bertz CT molecular complexity index is 462. The average molecular weight is 211 g/mol. The quantitative estimate of drug-likeness (QED) is 0.722. The van der Waals surface area contributed by atoms with Crippen LogP contribution in [0.3, 0.4) is 0 Å². The highest BCUT2D eigenvalue weighted by atomic mass is 35.5. The molecule has 2 heterocycles. The summed E-state index contributed by atoms with van der Waals surface area (Å²) in [5.74, 6) is 0.778. The number of halogens is 1. The Labute approximate surface area is 84.6 Å². The fourth-order valence-electron chi connectivity index (χ4n) is 1.39. The van der Waals surface area contributed by atoms with Gasteiger partial charge in [-0.15, -0.1) is 11.3 Å². The number of thiophene rings is 1. The second-order valence-electron chi connectivity index (χ2n) is 3.31. The monoisotopic (exact) mass is 210 g/mol. The molecule has 0 N–H and O–H groups in total. The molecule has 0 spiro atoms. The van der Waals surface area contributed by atoms with E-state index < -0.39 is 0 Å². The van der Waals surface area contributed by atoms with Gasteiger partial charge >= 0.3 is 0 Å². The highest BCUT2D eigenvalue weighted by Gasteiger charge is 2.25. The van der Waals surface area contributed by atoms with Crippen molar-refractivity contribution >= 4 is 33.3 Å². The number of nitrogens with zero attached hydrogens (tertiary/aromatic N) is 2. The Hall–Kier alpha value is -0.670. The molecule has 0 saturated heterocycles. The van der Waals surface area contributed by atoms with Gasteiger partial charge in [-0.25, -0.2) is 9.97 Å². The molecule has 4 heteroatoms. The molecule has 1 aliphatic rings. The van der Waals surface area contributed by atoms with Crippen LogP contribution in [-0.2, 0) is 0 Å². The minimum atomic E-state index is 0.479. The minimum Gasteiger partial charge on any atom is -0.240 e. The largest absolute Gasteiger partial charge is 0.240 e. The Kier molecular flexibility index (Phi) is 1.58. The third-order valence-corrected chi connectivity index (χ3v) is 3.58. The second kappa shape index (κ2) is 2.66. The van der Waals surface area contributed by atoms with Crippen LogP contribution in [0.2, 0.25) is 5.15 Å². The van der Waals surface area contributed by atoms with Crippen LogP contribution in [0.15, 0.2) is 12.3 Å². The molecule has 3 rings (SSSR count). The van der Waals surface area contributed by atoms with E-state index in [0.29, 0.717) is 5.15 Å². The molecule has 0 aromatic carbocycles. The normalized spacial score (nSPS) is 16.7. The lowest BCUT2D eigenvalue weighted by atomic mass is 10.3. The number of hydrogen-bond donors (Lipinski definition) is 0. The van der Waals surface area contributed by atoms with Crippen LogP contribution in [-0.4, -0.2) is 9.97 Å². The van der Waals surface area contributed by atoms with Gasteiger partial charge in [0.2, 0.25) is 0 Å². The van der Waals surface area contributed by atoms with Gasteiger partial charge in [0.1, 0.15) is 15.5 Å². The lowest BCUT2D eigenvalue weighted by Crippen LogP contribution is -1.76. The van der Waals surface area contributed by atoms with E-state index in [1.54, 1.807) is 17.5 Å². The molecule has 0 amide bonds. The van der Waals surface area contributed by atoms with E-state index in [9.17, 15) is 0 Å². The molecule has 1 saturated carbocycles. The van der Waals surface area contributed by atoms with Crippen LogP contribution < -0.4 is 0 Å². The maximum atomic E-state index is 5.75. The number of rotatable bonds is 1. The van der Waals surface area contributed by atoms with E-state index in [2.05, 4.69) is 16.0 Å². The fourth-order valence-corrected chi connectivity index (χ4v) is 2.64. The molecule has 0 unspecified atom stereocenters. The van der Waals surface area contributed by atoms with Crippen molar-refractivity contribution in [2.24, 2.45) is 0 Å². The van der Waals surface area contributed by atoms with Gasteiger partial charge in [-0.2, -0.15) is 0 Å². The van der Waals surface area contributed by atoms with Crippen LogP contribution in [0.25, 0.3) is 10.3 Å². The first-order valence-electron chi connectivity index (χ1n) is 4.25. The highest BCUT2D eigenvalue weighted by molar-refractivity contribution is 7.18. The van der Waals surface area contributed by atoms with E-state index in [0.717, 1.165) is 16.3 Å². The SMILES string of the molecule is Clc1cnc2sc(C3CC3)cc2n1. The van der Waals surface area contributed by atoms with Crippen LogP contribution in [0.1, 0.15) is 23.6 Å². The van der Waals surface area contributed by atoms with Crippen molar-refractivity contribution < 1.29 is 0 Å². The van der Waals surface area contributed by atoms with Gasteiger partial charge in [0, 0.05) is 4.88 Å². The molecule has 1 fully saturated rings. The minimum absolute atomic E-state index is 0.479. The summed E-state index contributed by atoms with van der Waals surface area (Å²) in [5, 5.41) is 0.479. The standard InChI is InChI=1S/C9H7ClN2S/c10-8-4-11-9-6(12-8)3-7(13-9)5-1-2-5/h3-5H,1-2H2. The molecule has 0 aliphatic heterocycles. The van der Waals surface area contributed by atoms with E-state index in [1.165, 1.54) is 17.7 Å². The third-order valence-electron chi connectivity index (χ3n) is 2.21. The van der Waals surface area contributed by atoms with Crippen LogP contribution in [0.5, 0.6) is 0 Å². The van der Waals surface area contributed by atoms with Crippen molar-refractivity contribution in [1.82, 2.24) is 9.97 Å². The molecule has 2 nitrogen and oxygen atoms in total. The summed E-state index contributed by atoms with van der Waals surface area (Å²) in [6.07, 6.45) is 4.25. The predicted octanol–water partition coefficient (Wildman–Crippen LogP) is 3.22. The van der Waals surface area contributed by atoms with Gasteiger partial charge in [-0.3, -0.25) is 0 Å². The summed E-state index contributed by atoms with van der Waals surface area (Å²) in [4.78, 5) is 10.9. The van der Waals surface area contributed by atoms with Crippen molar-refractivity contribution in [3.05, 3.63) is 22.3 Å². The van der Waals surface area contributed by atoms with Crippen molar-refractivity contribution in [3.63, 3.8) is 0 Å². The highest BCUT2D eigenvalue weighted by Crippen LogP contribution is 2.44. The molecule has 2 aromatic heterocycles. The Morgan fingerprint density at radius 3 is 3.08 bits per heavy atom. The van der Waals surface area contributed by atoms with Crippen molar-refractivity contribution in [2.45, 2.75) is 18.8 Å². The predicted molar refractivity (Wildman–Crippen MR) is 54.4 cm³/mol. The van der Waals surface area contributed by atoms with E-state index in [4.69, 9.17) is 11.6 Å². The zero-order chi connectivity index (χ0) is 8.84. The molecule has 13 heavy (non-hydrogen) atoms. The Morgan fingerprint density at radius 2 is 2.31 bits per heavy atom. The Morgan fingerprint density at radius 1 is 1.46 bits per heavy atom. The lowest BCUT2D eigenvalue weighted by molar-refractivity contribution is 1.18. The van der Waals surface area contributed by atoms with Gasteiger partial charge in [0.25, 0.3) is 0 Å². The van der Waals surface area contributed by atoms with Crippen LogP contribution in [0.4, 0.5) is 0 Å². The third kappa shape index (κ3) is 1.32. The molecule has 2 aromatic rings. The molecule has 0 radical (unpaired) electrons. The van der Waals surface area contributed by atoms with E-state index in [-0.39, 0.29) is 0 Å². The van der Waals surface area contributed by atoms with Crippen molar-refractivity contribution in [3.8, 4) is 0 Å². The number of fused-ring (bicyclic) bond motifs is 1. The molecule has 0 bridgehead atoms. The van der Waals surface area contributed by atoms with Gasteiger partial charge in [0.05, 0.1) is 6.20 Å². The lowest BCUT2D eigenvalue weighted by Gasteiger charge is -1.86. The molecule has 0 atom stereocenters. The molecular formula is C9H7ClN2S. The first-order chi connectivity index (χ1) is 6.33. The summed E-state index contributed by atoms with van der Waals surface area (Å²) < 4.78 is 0. The maximum Gasteiger partial charge on any atom is 0.148 e. The van der Waals surface area contributed by atoms with Gasteiger partial charge in [0.15, 0.2) is 0 Å². The van der Waals surface area contributed by atoms with Gasteiger partial charge in [-0.1, -0.05) is 11.6 Å². The molecule has 1 aliphatic carbocycles. The molecular weight excluding hydrogens is 204 g/mol. The summed E-state index contributed by atoms with van der Waals surface area (Å²) in [5.41, 5.74) is 0.944. The molecule has 66 valence electrons. The average Bonchev–Trinajstić information content (AvgIpc) is 2.87. The van der Waals surface area contributed by atoms with Crippen molar-refractivity contribution in [1.29, 1.82) is 0 Å². The fraction of sp³-hybridized carbons (Fsp3) is 0.333. The maximum absolute atomic E-state index is 5.75. The first kappa shape index (κ1) is 7.71. The van der Waals surface area contributed by atoms with E-state index >= 15 is 0 Å². The summed E-state index contributed by atoms with van der Waals surface area (Å²) in [6.45, 7) is 0. The van der Waals surface area contributed by atoms with Crippen LogP contribution >= 0.6 is 22.9 Å². The zero-order valence-corrected chi connectivity index (χ0v) is 8.40. The van der Waals surface area contributed by atoms with Gasteiger partial charge < -0.3 is 0 Å². The topological polar surface area (TPSA) is 25.8 Å². The zero-order valence-electron chi connectivity index (χ0n) is 6.83. The summed E-state index contributed by atoms with van der Waals surface area (Å²) in [6, 6.07) is 2.12. The van der Waals surface area contributed by atoms with E-state index in [1.807, 2.05) is 0 Å². The second-order valence-corrected chi connectivity index (χ2v) is 4.76. The number of aromatic nitrogens is 2.